The molecule has 1 amide bonds. The highest BCUT2D eigenvalue weighted by Gasteiger charge is 2.21. The maximum Gasteiger partial charge on any atom is 0.251 e. The molecule has 0 aliphatic heterocycles. The lowest BCUT2D eigenvalue weighted by atomic mass is 9.95. The molecule has 1 aromatic carbocycles. The first kappa shape index (κ1) is 13.9. The maximum absolute atomic E-state index is 12.1. The summed E-state index contributed by atoms with van der Waals surface area (Å²) in [6.07, 6.45) is 3.95. The molecular formula is C14H17BrClNO. The van der Waals surface area contributed by atoms with Crippen LogP contribution in [0.2, 0.25) is 0 Å². The molecule has 0 bridgehead atoms. The second kappa shape index (κ2) is 6.07. The second-order valence-corrected chi connectivity index (χ2v) is 6.36. The molecule has 1 aromatic rings. The fourth-order valence-corrected chi connectivity index (χ4v) is 2.75. The minimum absolute atomic E-state index is 0.0172. The molecule has 0 radical (unpaired) electrons. The van der Waals surface area contributed by atoms with Crippen LogP contribution in [0.4, 0.5) is 0 Å². The van der Waals surface area contributed by atoms with Crippen molar-refractivity contribution in [3.05, 3.63) is 33.8 Å². The normalized spacial score (nSPS) is 23.7. The van der Waals surface area contributed by atoms with Crippen molar-refractivity contribution in [2.24, 2.45) is 0 Å². The number of nitrogens with one attached hydrogen (secondary N) is 1. The lowest BCUT2D eigenvalue weighted by molar-refractivity contribution is 0.0928. The molecule has 2 rings (SSSR count). The number of amides is 1. The first-order valence-corrected chi connectivity index (χ1v) is 7.50. The Hall–Kier alpha value is -0.540. The highest BCUT2D eigenvalue weighted by atomic mass is 79.9. The minimum atomic E-state index is 0.0172. The van der Waals surface area contributed by atoms with E-state index in [0.29, 0.717) is 0 Å². The van der Waals surface area contributed by atoms with Gasteiger partial charge in [0, 0.05) is 21.5 Å². The quantitative estimate of drug-likeness (QED) is 0.815. The monoisotopic (exact) mass is 329 g/mol. The van der Waals surface area contributed by atoms with Gasteiger partial charge in [0.25, 0.3) is 5.91 Å². The average molecular weight is 331 g/mol. The van der Waals surface area contributed by atoms with Crippen LogP contribution in [0.1, 0.15) is 41.6 Å². The zero-order chi connectivity index (χ0) is 13.1. The average Bonchev–Trinajstić information content (AvgIpc) is 2.35. The van der Waals surface area contributed by atoms with Crippen molar-refractivity contribution in [2.75, 3.05) is 0 Å². The van der Waals surface area contributed by atoms with Crippen LogP contribution in [-0.4, -0.2) is 17.3 Å². The van der Waals surface area contributed by atoms with Crippen LogP contribution in [0.5, 0.6) is 0 Å². The summed E-state index contributed by atoms with van der Waals surface area (Å²) < 4.78 is 1.03. The molecule has 0 heterocycles. The summed E-state index contributed by atoms with van der Waals surface area (Å²) in [6, 6.07) is 5.95. The van der Waals surface area contributed by atoms with E-state index in [1.807, 2.05) is 25.1 Å². The molecule has 0 unspecified atom stereocenters. The molecule has 4 heteroatoms. The summed E-state index contributed by atoms with van der Waals surface area (Å²) >= 11 is 9.49. The van der Waals surface area contributed by atoms with Crippen LogP contribution < -0.4 is 5.32 Å². The molecule has 1 N–H and O–H groups in total. The molecular weight excluding hydrogens is 314 g/mol. The van der Waals surface area contributed by atoms with Crippen LogP contribution in [0, 0.1) is 6.92 Å². The number of rotatable bonds is 2. The van der Waals surface area contributed by atoms with Crippen molar-refractivity contribution in [3.63, 3.8) is 0 Å². The number of hydrogen-bond donors (Lipinski definition) is 1. The highest BCUT2D eigenvalue weighted by molar-refractivity contribution is 9.10. The smallest absolute Gasteiger partial charge is 0.251 e. The van der Waals surface area contributed by atoms with Gasteiger partial charge < -0.3 is 5.32 Å². The Morgan fingerprint density at radius 3 is 2.61 bits per heavy atom. The maximum atomic E-state index is 12.1. The molecule has 2 nitrogen and oxygen atoms in total. The van der Waals surface area contributed by atoms with Crippen molar-refractivity contribution in [1.29, 1.82) is 0 Å². The van der Waals surface area contributed by atoms with Gasteiger partial charge in [-0.1, -0.05) is 15.9 Å². The van der Waals surface area contributed by atoms with Gasteiger partial charge in [-0.25, -0.2) is 0 Å². The third-order valence-electron chi connectivity index (χ3n) is 3.41. The Kier molecular flexibility index (Phi) is 4.68. The Labute approximate surface area is 121 Å². The van der Waals surface area contributed by atoms with E-state index < -0.39 is 0 Å². The SMILES string of the molecule is Cc1cc(C(=O)NC2CCC(Cl)CC2)ccc1Br. The molecule has 1 saturated carbocycles. The van der Waals surface area contributed by atoms with E-state index in [9.17, 15) is 4.79 Å². The molecule has 0 spiro atoms. The predicted molar refractivity (Wildman–Crippen MR) is 78.2 cm³/mol. The van der Waals surface area contributed by atoms with E-state index in [-0.39, 0.29) is 17.3 Å². The summed E-state index contributed by atoms with van der Waals surface area (Å²) in [5.74, 6) is 0.0172. The van der Waals surface area contributed by atoms with Crippen molar-refractivity contribution in [2.45, 2.75) is 44.0 Å². The largest absolute Gasteiger partial charge is 0.349 e. The highest BCUT2D eigenvalue weighted by Crippen LogP contribution is 2.23. The van der Waals surface area contributed by atoms with E-state index in [4.69, 9.17) is 11.6 Å². The molecule has 18 heavy (non-hydrogen) atoms. The number of halogens is 2. The lowest BCUT2D eigenvalue weighted by Gasteiger charge is -2.25. The third kappa shape index (κ3) is 3.48. The number of hydrogen-bond acceptors (Lipinski definition) is 1. The zero-order valence-corrected chi connectivity index (χ0v) is 12.7. The van der Waals surface area contributed by atoms with Gasteiger partial charge in [0.05, 0.1) is 0 Å². The van der Waals surface area contributed by atoms with E-state index >= 15 is 0 Å². The van der Waals surface area contributed by atoms with Crippen LogP contribution in [-0.2, 0) is 0 Å². The van der Waals surface area contributed by atoms with Gasteiger partial charge in [-0.15, -0.1) is 11.6 Å². The molecule has 98 valence electrons. The lowest BCUT2D eigenvalue weighted by Crippen LogP contribution is -2.37. The summed E-state index contributed by atoms with van der Waals surface area (Å²) in [5, 5.41) is 3.37. The molecule has 1 aliphatic carbocycles. The van der Waals surface area contributed by atoms with Crippen molar-refractivity contribution < 1.29 is 4.79 Å². The van der Waals surface area contributed by atoms with E-state index in [1.54, 1.807) is 0 Å². The number of carbonyl (C=O) groups is 1. The molecule has 0 aromatic heterocycles. The second-order valence-electron chi connectivity index (χ2n) is 4.89. The zero-order valence-electron chi connectivity index (χ0n) is 10.4. The Bertz CT molecular complexity index is 441. The van der Waals surface area contributed by atoms with Crippen LogP contribution in [0.15, 0.2) is 22.7 Å². The van der Waals surface area contributed by atoms with Crippen molar-refractivity contribution in [3.8, 4) is 0 Å². The fourth-order valence-electron chi connectivity index (χ4n) is 2.25. The first-order chi connectivity index (χ1) is 8.56. The van der Waals surface area contributed by atoms with E-state index in [0.717, 1.165) is 41.3 Å². The number of carbonyl (C=O) groups excluding carboxylic acids is 1. The number of aryl methyl sites for hydroxylation is 1. The minimum Gasteiger partial charge on any atom is -0.349 e. The van der Waals surface area contributed by atoms with Crippen LogP contribution in [0.25, 0.3) is 0 Å². The topological polar surface area (TPSA) is 29.1 Å². The van der Waals surface area contributed by atoms with Gasteiger partial charge in [0.1, 0.15) is 0 Å². The first-order valence-electron chi connectivity index (χ1n) is 6.27. The third-order valence-corrected chi connectivity index (χ3v) is 4.74. The summed E-state index contributed by atoms with van der Waals surface area (Å²) in [4.78, 5) is 12.1. The number of alkyl halides is 1. The Morgan fingerprint density at radius 2 is 2.00 bits per heavy atom. The number of benzene rings is 1. The summed E-state index contributed by atoms with van der Waals surface area (Å²) in [7, 11) is 0. The van der Waals surface area contributed by atoms with Crippen LogP contribution >= 0.6 is 27.5 Å². The van der Waals surface area contributed by atoms with E-state index in [1.165, 1.54) is 0 Å². The summed E-state index contributed by atoms with van der Waals surface area (Å²) in [5.41, 5.74) is 1.80. The van der Waals surface area contributed by atoms with Gasteiger partial charge in [0.15, 0.2) is 0 Å². The molecule has 0 saturated heterocycles. The Morgan fingerprint density at radius 1 is 1.33 bits per heavy atom. The fraction of sp³-hybridized carbons (Fsp3) is 0.500. The van der Waals surface area contributed by atoms with Crippen molar-refractivity contribution >= 4 is 33.4 Å². The predicted octanol–water partition coefficient (Wildman–Crippen LogP) is 4.04. The summed E-state index contributed by atoms with van der Waals surface area (Å²) in [6.45, 7) is 1.99. The van der Waals surface area contributed by atoms with Crippen molar-refractivity contribution in [1.82, 2.24) is 5.32 Å². The molecule has 1 aliphatic rings. The van der Waals surface area contributed by atoms with Gasteiger partial charge >= 0.3 is 0 Å². The van der Waals surface area contributed by atoms with Gasteiger partial charge in [-0.3, -0.25) is 4.79 Å². The molecule has 0 atom stereocenters. The van der Waals surface area contributed by atoms with Gasteiger partial charge in [0.2, 0.25) is 0 Å². The van der Waals surface area contributed by atoms with Gasteiger partial charge in [-0.05, 0) is 56.4 Å². The molecule has 1 fully saturated rings. The Balaban J connectivity index is 1.97. The van der Waals surface area contributed by atoms with Crippen LogP contribution in [0.3, 0.4) is 0 Å². The standard InChI is InChI=1S/C14H17BrClNO/c1-9-8-10(2-7-13(9)15)14(18)17-12-5-3-11(16)4-6-12/h2,7-8,11-12H,3-6H2,1H3,(H,17,18). The van der Waals surface area contributed by atoms with Gasteiger partial charge in [-0.2, -0.15) is 0 Å². The van der Waals surface area contributed by atoms with E-state index in [2.05, 4.69) is 21.2 Å².